The number of para-hydroxylation sites is 2. The Hall–Kier alpha value is -2.17. The van der Waals surface area contributed by atoms with Crippen LogP contribution < -0.4 is 0 Å². The number of aromatic amines is 1. The Kier molecular flexibility index (Phi) is 4.09. The van der Waals surface area contributed by atoms with Crippen LogP contribution in [0.1, 0.15) is 18.4 Å². The second-order valence-corrected chi connectivity index (χ2v) is 5.91. The van der Waals surface area contributed by atoms with Gasteiger partial charge in [0.2, 0.25) is 0 Å². The molecule has 0 saturated carbocycles. The summed E-state index contributed by atoms with van der Waals surface area (Å²) in [7, 11) is 0. The number of aromatic nitrogens is 2. The Morgan fingerprint density at radius 2 is 2.00 bits per heavy atom. The monoisotopic (exact) mass is 308 g/mol. The lowest BCUT2D eigenvalue weighted by Gasteiger charge is -2.12. The summed E-state index contributed by atoms with van der Waals surface area (Å²) in [6, 6.07) is 16.3. The summed E-state index contributed by atoms with van der Waals surface area (Å²) in [6.07, 6.45) is 2.50. The highest BCUT2D eigenvalue weighted by Crippen LogP contribution is 2.24. The van der Waals surface area contributed by atoms with Crippen LogP contribution in [0.25, 0.3) is 22.4 Å². The van der Waals surface area contributed by atoms with Gasteiger partial charge in [-0.1, -0.05) is 36.4 Å². The fourth-order valence-corrected chi connectivity index (χ4v) is 3.03. The van der Waals surface area contributed by atoms with Crippen molar-refractivity contribution in [3.05, 3.63) is 54.1 Å². The van der Waals surface area contributed by atoms with Crippen molar-refractivity contribution in [1.29, 1.82) is 0 Å². The van der Waals surface area contributed by atoms with Gasteiger partial charge in [0.05, 0.1) is 30.4 Å². The molecule has 2 heterocycles. The molecule has 0 radical (unpaired) electrons. The first kappa shape index (κ1) is 14.4. The maximum atomic E-state index is 5.87. The molecule has 1 N–H and O–H groups in total. The molecule has 0 bridgehead atoms. The number of nitrogens with zero attached hydrogens (tertiary/aromatic N) is 1. The molecular weight excluding hydrogens is 288 g/mol. The van der Waals surface area contributed by atoms with E-state index >= 15 is 0 Å². The highest BCUT2D eigenvalue weighted by Gasteiger charge is 2.16. The van der Waals surface area contributed by atoms with Gasteiger partial charge >= 0.3 is 0 Å². The van der Waals surface area contributed by atoms with E-state index in [1.54, 1.807) is 0 Å². The predicted octanol–water partition coefficient (Wildman–Crippen LogP) is 3.93. The van der Waals surface area contributed by atoms with Crippen LogP contribution >= 0.6 is 0 Å². The number of H-pyrrole nitrogens is 1. The summed E-state index contributed by atoms with van der Waals surface area (Å²) in [5.74, 6) is 0.891. The number of hydrogen-bond acceptors (Lipinski definition) is 3. The number of benzene rings is 2. The van der Waals surface area contributed by atoms with Gasteiger partial charge in [-0.25, -0.2) is 4.98 Å². The first-order valence-corrected chi connectivity index (χ1v) is 8.12. The summed E-state index contributed by atoms with van der Waals surface area (Å²) in [5.41, 5.74) is 4.27. The number of imidazole rings is 1. The zero-order valence-corrected chi connectivity index (χ0v) is 13.0. The Bertz CT molecular complexity index is 758. The first-order chi connectivity index (χ1) is 11.4. The lowest BCUT2D eigenvalue weighted by molar-refractivity contribution is 0.0107. The van der Waals surface area contributed by atoms with E-state index in [1.165, 1.54) is 0 Å². The van der Waals surface area contributed by atoms with E-state index in [1.807, 2.05) is 36.4 Å². The molecule has 0 amide bonds. The fraction of sp³-hybridized carbons (Fsp3) is 0.316. The van der Waals surface area contributed by atoms with E-state index < -0.39 is 0 Å². The molecule has 0 aliphatic carbocycles. The van der Waals surface area contributed by atoms with E-state index in [4.69, 9.17) is 14.5 Å². The third kappa shape index (κ3) is 3.14. The zero-order valence-electron chi connectivity index (χ0n) is 13.0. The number of rotatable bonds is 5. The molecular formula is C19H20N2O2. The van der Waals surface area contributed by atoms with E-state index in [2.05, 4.69) is 17.1 Å². The smallest absolute Gasteiger partial charge is 0.138 e. The lowest BCUT2D eigenvalue weighted by Crippen LogP contribution is -2.14. The lowest BCUT2D eigenvalue weighted by atomic mass is 10.1. The molecule has 1 fully saturated rings. The minimum absolute atomic E-state index is 0.258. The van der Waals surface area contributed by atoms with Gasteiger partial charge in [0.15, 0.2) is 0 Å². The SMILES string of the molecule is c1ccc(-c2nc3ccccc3[nH]2)c(COCC2CCCO2)c1. The quantitative estimate of drug-likeness (QED) is 0.777. The maximum Gasteiger partial charge on any atom is 0.138 e. The third-order valence-electron chi connectivity index (χ3n) is 4.25. The topological polar surface area (TPSA) is 47.1 Å². The van der Waals surface area contributed by atoms with Crippen LogP contribution in [-0.2, 0) is 16.1 Å². The minimum Gasteiger partial charge on any atom is -0.376 e. The molecule has 1 atom stereocenters. The van der Waals surface area contributed by atoms with Gasteiger partial charge < -0.3 is 14.5 Å². The number of fused-ring (bicyclic) bond motifs is 1. The minimum atomic E-state index is 0.258. The van der Waals surface area contributed by atoms with E-state index in [9.17, 15) is 0 Å². The van der Waals surface area contributed by atoms with Crippen LogP contribution in [-0.4, -0.2) is 29.3 Å². The molecule has 3 aromatic rings. The second kappa shape index (κ2) is 6.52. The summed E-state index contributed by atoms with van der Waals surface area (Å²) >= 11 is 0. The van der Waals surface area contributed by atoms with Gasteiger partial charge in [0.25, 0.3) is 0 Å². The highest BCUT2D eigenvalue weighted by atomic mass is 16.5. The third-order valence-corrected chi connectivity index (χ3v) is 4.25. The van der Waals surface area contributed by atoms with Crippen molar-refractivity contribution < 1.29 is 9.47 Å². The fourth-order valence-electron chi connectivity index (χ4n) is 3.03. The van der Waals surface area contributed by atoms with Crippen LogP contribution in [0.3, 0.4) is 0 Å². The normalized spacial score (nSPS) is 17.8. The van der Waals surface area contributed by atoms with Crippen molar-refractivity contribution in [2.75, 3.05) is 13.2 Å². The number of hydrogen-bond donors (Lipinski definition) is 1. The van der Waals surface area contributed by atoms with Gasteiger partial charge in [-0.05, 0) is 30.5 Å². The van der Waals surface area contributed by atoms with Gasteiger partial charge in [-0.3, -0.25) is 0 Å². The molecule has 1 aliphatic rings. The van der Waals surface area contributed by atoms with E-state index in [0.29, 0.717) is 13.2 Å². The first-order valence-electron chi connectivity index (χ1n) is 8.12. The van der Waals surface area contributed by atoms with E-state index in [0.717, 1.165) is 47.4 Å². The second-order valence-electron chi connectivity index (χ2n) is 5.91. The van der Waals surface area contributed by atoms with Crippen molar-refractivity contribution in [2.45, 2.75) is 25.6 Å². The van der Waals surface area contributed by atoms with Crippen molar-refractivity contribution in [3.8, 4) is 11.4 Å². The average Bonchev–Trinajstić information content (AvgIpc) is 3.24. The summed E-state index contributed by atoms with van der Waals surface area (Å²) < 4.78 is 11.5. The van der Waals surface area contributed by atoms with Gasteiger partial charge in [-0.2, -0.15) is 0 Å². The molecule has 118 valence electrons. The number of ether oxygens (including phenoxy) is 2. The van der Waals surface area contributed by atoms with Gasteiger partial charge in [0, 0.05) is 12.2 Å². The average molecular weight is 308 g/mol. The van der Waals surface area contributed by atoms with Crippen molar-refractivity contribution in [3.63, 3.8) is 0 Å². The van der Waals surface area contributed by atoms with Gasteiger partial charge in [-0.15, -0.1) is 0 Å². The molecule has 4 rings (SSSR count). The zero-order chi connectivity index (χ0) is 15.5. The van der Waals surface area contributed by atoms with Crippen LogP contribution in [0.5, 0.6) is 0 Å². The predicted molar refractivity (Wildman–Crippen MR) is 90.2 cm³/mol. The Morgan fingerprint density at radius 1 is 1.13 bits per heavy atom. The molecule has 0 spiro atoms. The Morgan fingerprint density at radius 3 is 2.87 bits per heavy atom. The molecule has 4 heteroatoms. The van der Waals surface area contributed by atoms with Crippen LogP contribution in [0.4, 0.5) is 0 Å². The van der Waals surface area contributed by atoms with Crippen molar-refractivity contribution >= 4 is 11.0 Å². The largest absolute Gasteiger partial charge is 0.376 e. The summed E-state index contributed by atoms with van der Waals surface area (Å²) in [6.45, 7) is 2.10. The van der Waals surface area contributed by atoms with Crippen LogP contribution in [0.15, 0.2) is 48.5 Å². The van der Waals surface area contributed by atoms with Crippen molar-refractivity contribution in [2.24, 2.45) is 0 Å². The van der Waals surface area contributed by atoms with Gasteiger partial charge in [0.1, 0.15) is 5.82 Å². The van der Waals surface area contributed by atoms with E-state index in [-0.39, 0.29) is 6.10 Å². The molecule has 1 unspecified atom stereocenters. The molecule has 2 aromatic carbocycles. The summed E-state index contributed by atoms with van der Waals surface area (Å²) in [5, 5.41) is 0. The molecule has 1 aromatic heterocycles. The van der Waals surface area contributed by atoms with Crippen LogP contribution in [0, 0.1) is 0 Å². The number of nitrogens with one attached hydrogen (secondary N) is 1. The molecule has 4 nitrogen and oxygen atoms in total. The molecule has 1 aliphatic heterocycles. The Labute approximate surface area is 135 Å². The van der Waals surface area contributed by atoms with Crippen LogP contribution in [0.2, 0.25) is 0 Å². The standard InChI is InChI=1S/C19H20N2O2/c1-2-8-16(19-20-17-9-3-4-10-18(17)21-19)14(6-1)12-22-13-15-7-5-11-23-15/h1-4,6,8-10,15H,5,7,11-13H2,(H,20,21). The van der Waals surface area contributed by atoms with Crippen molar-refractivity contribution in [1.82, 2.24) is 9.97 Å². The molecule has 23 heavy (non-hydrogen) atoms. The highest BCUT2D eigenvalue weighted by molar-refractivity contribution is 5.79. The summed E-state index contributed by atoms with van der Waals surface area (Å²) in [4.78, 5) is 8.09. The molecule has 1 saturated heterocycles. The Balaban J connectivity index is 1.53. The maximum absolute atomic E-state index is 5.87.